The van der Waals surface area contributed by atoms with Gasteiger partial charge in [0.1, 0.15) is 11.4 Å². The number of aromatic amines is 2. The molecule has 0 unspecified atom stereocenters. The van der Waals surface area contributed by atoms with Crippen molar-refractivity contribution in [1.82, 2.24) is 20.8 Å². The molecule has 0 spiro atoms. The zero-order valence-electron chi connectivity index (χ0n) is 12.4. The number of ether oxygens (including phenoxy) is 1. The van der Waals surface area contributed by atoms with E-state index in [1.165, 1.54) is 7.11 Å². The van der Waals surface area contributed by atoms with E-state index in [2.05, 4.69) is 25.6 Å². The van der Waals surface area contributed by atoms with Crippen LogP contribution in [0.3, 0.4) is 0 Å². The number of hydrogen-bond acceptors (Lipinski definition) is 4. The van der Waals surface area contributed by atoms with Crippen LogP contribution >= 0.6 is 0 Å². The molecule has 116 valence electrons. The molecule has 2 heterocycles. The molecule has 0 radical (unpaired) electrons. The van der Waals surface area contributed by atoms with E-state index in [9.17, 15) is 14.4 Å². The average Bonchev–Trinajstić information content (AvgIpc) is 3.12. The van der Waals surface area contributed by atoms with Gasteiger partial charge in [-0.1, -0.05) is 0 Å². The largest absolute Gasteiger partial charge is 0.465 e. The van der Waals surface area contributed by atoms with E-state index in [0.717, 1.165) is 0 Å². The number of esters is 1. The van der Waals surface area contributed by atoms with Gasteiger partial charge >= 0.3 is 5.97 Å². The molecule has 2 amide bonds. The van der Waals surface area contributed by atoms with Crippen molar-refractivity contribution < 1.29 is 19.1 Å². The molecular weight excluding hydrogens is 288 g/mol. The zero-order chi connectivity index (χ0) is 16.3. The van der Waals surface area contributed by atoms with Gasteiger partial charge in [-0.3, -0.25) is 20.4 Å². The van der Waals surface area contributed by atoms with Crippen molar-refractivity contribution in [2.75, 3.05) is 7.11 Å². The first-order valence-electron chi connectivity index (χ1n) is 6.47. The van der Waals surface area contributed by atoms with Crippen LogP contribution in [0.1, 0.15) is 42.6 Å². The van der Waals surface area contributed by atoms with Crippen LogP contribution in [0.2, 0.25) is 0 Å². The third-order valence-corrected chi connectivity index (χ3v) is 3.19. The van der Waals surface area contributed by atoms with Crippen LogP contribution in [-0.4, -0.2) is 34.9 Å². The number of aryl methyl sites for hydroxylation is 1. The second kappa shape index (κ2) is 6.17. The number of methoxy groups -OCH3 is 1. The Morgan fingerprint density at radius 1 is 1.14 bits per heavy atom. The fraction of sp³-hybridized carbons (Fsp3) is 0.214. The number of nitrogens with one attached hydrogen (secondary N) is 4. The molecule has 0 aliphatic carbocycles. The van der Waals surface area contributed by atoms with Crippen molar-refractivity contribution in [2.45, 2.75) is 13.8 Å². The van der Waals surface area contributed by atoms with E-state index < -0.39 is 17.8 Å². The Balaban J connectivity index is 2.10. The molecule has 2 aromatic rings. The minimum absolute atomic E-state index is 0.185. The number of amides is 2. The summed E-state index contributed by atoms with van der Waals surface area (Å²) in [6, 6.07) is 3.23. The molecule has 0 fully saturated rings. The van der Waals surface area contributed by atoms with Gasteiger partial charge < -0.3 is 14.7 Å². The van der Waals surface area contributed by atoms with Crippen LogP contribution in [0.4, 0.5) is 0 Å². The lowest BCUT2D eigenvalue weighted by molar-refractivity contribution is 0.0599. The number of hydrazine groups is 1. The molecule has 4 N–H and O–H groups in total. The Kier molecular flexibility index (Phi) is 4.31. The normalized spacial score (nSPS) is 10.1. The maximum absolute atomic E-state index is 12.1. The fourth-order valence-corrected chi connectivity index (χ4v) is 2.10. The number of hydrogen-bond donors (Lipinski definition) is 4. The second-order valence-electron chi connectivity index (χ2n) is 4.61. The molecule has 2 aromatic heterocycles. The molecule has 0 aliphatic heterocycles. The topological polar surface area (TPSA) is 116 Å². The smallest absolute Gasteiger partial charge is 0.339 e. The Morgan fingerprint density at radius 3 is 2.41 bits per heavy atom. The Hall–Kier alpha value is -3.03. The predicted octanol–water partition coefficient (Wildman–Crippen LogP) is 0.821. The van der Waals surface area contributed by atoms with Crippen molar-refractivity contribution in [2.24, 2.45) is 0 Å². The summed E-state index contributed by atoms with van der Waals surface area (Å²) in [5, 5.41) is 0. The summed E-state index contributed by atoms with van der Waals surface area (Å²) in [7, 11) is 1.27. The molecule has 0 aromatic carbocycles. The zero-order valence-corrected chi connectivity index (χ0v) is 12.4. The molecule has 0 aliphatic rings. The predicted molar refractivity (Wildman–Crippen MR) is 77.3 cm³/mol. The molecule has 22 heavy (non-hydrogen) atoms. The van der Waals surface area contributed by atoms with Gasteiger partial charge in [-0.05, 0) is 31.5 Å². The highest BCUT2D eigenvalue weighted by Gasteiger charge is 2.22. The number of carbonyl (C=O) groups excluding carboxylic acids is 3. The summed E-state index contributed by atoms with van der Waals surface area (Å²) >= 11 is 0. The lowest BCUT2D eigenvalue weighted by atomic mass is 10.1. The van der Waals surface area contributed by atoms with Gasteiger partial charge in [0, 0.05) is 11.9 Å². The molecule has 0 saturated heterocycles. The number of rotatable bonds is 3. The highest BCUT2D eigenvalue weighted by Crippen LogP contribution is 2.18. The summed E-state index contributed by atoms with van der Waals surface area (Å²) in [5.41, 5.74) is 6.34. The molecule has 8 nitrogen and oxygen atoms in total. The van der Waals surface area contributed by atoms with Gasteiger partial charge in [0.25, 0.3) is 11.8 Å². The van der Waals surface area contributed by atoms with Crippen LogP contribution in [0.15, 0.2) is 18.3 Å². The van der Waals surface area contributed by atoms with Crippen molar-refractivity contribution in [1.29, 1.82) is 0 Å². The quantitative estimate of drug-likeness (QED) is 0.496. The van der Waals surface area contributed by atoms with Crippen LogP contribution in [-0.2, 0) is 4.74 Å². The summed E-state index contributed by atoms with van der Waals surface area (Å²) in [6.07, 6.45) is 1.60. The third kappa shape index (κ3) is 2.85. The van der Waals surface area contributed by atoms with Crippen molar-refractivity contribution in [3.8, 4) is 0 Å². The molecule has 0 atom stereocenters. The molecule has 0 bridgehead atoms. The standard InChI is InChI=1S/C14H16N4O4/c1-7-10(14(21)22-3)8(2)16-11(7)13(20)18-17-12(19)9-5-4-6-15-9/h4-6,15-16H,1-3H3,(H,17,19)(H,18,20). The first kappa shape index (κ1) is 15.4. The van der Waals surface area contributed by atoms with E-state index in [-0.39, 0.29) is 5.69 Å². The van der Waals surface area contributed by atoms with E-state index >= 15 is 0 Å². The van der Waals surface area contributed by atoms with Crippen LogP contribution in [0, 0.1) is 13.8 Å². The minimum Gasteiger partial charge on any atom is -0.465 e. The van der Waals surface area contributed by atoms with Gasteiger partial charge in [-0.2, -0.15) is 0 Å². The Labute approximate surface area is 126 Å². The average molecular weight is 304 g/mol. The van der Waals surface area contributed by atoms with Crippen molar-refractivity contribution in [3.63, 3.8) is 0 Å². The second-order valence-corrected chi connectivity index (χ2v) is 4.61. The van der Waals surface area contributed by atoms with Crippen molar-refractivity contribution >= 4 is 17.8 Å². The number of aromatic nitrogens is 2. The Morgan fingerprint density at radius 2 is 1.82 bits per heavy atom. The summed E-state index contributed by atoms with van der Waals surface area (Å²) in [6.45, 7) is 3.28. The third-order valence-electron chi connectivity index (χ3n) is 3.19. The van der Waals surface area contributed by atoms with Crippen LogP contribution < -0.4 is 10.9 Å². The van der Waals surface area contributed by atoms with E-state index in [1.807, 2.05) is 0 Å². The maximum atomic E-state index is 12.1. The maximum Gasteiger partial charge on any atom is 0.339 e. The monoisotopic (exact) mass is 304 g/mol. The number of carbonyl (C=O) groups is 3. The summed E-state index contributed by atoms with van der Waals surface area (Å²) in [4.78, 5) is 41.0. The molecule has 2 rings (SSSR count). The first-order chi connectivity index (χ1) is 10.5. The SMILES string of the molecule is COC(=O)c1c(C)[nH]c(C(=O)NNC(=O)c2ccc[nH]2)c1C. The van der Waals surface area contributed by atoms with Crippen molar-refractivity contribution in [3.05, 3.63) is 46.5 Å². The van der Waals surface area contributed by atoms with Gasteiger partial charge in [0.05, 0.1) is 12.7 Å². The number of H-pyrrole nitrogens is 2. The van der Waals surface area contributed by atoms with Crippen LogP contribution in [0.25, 0.3) is 0 Å². The molecule has 8 heteroatoms. The van der Waals surface area contributed by atoms with E-state index in [4.69, 9.17) is 0 Å². The van der Waals surface area contributed by atoms with Gasteiger partial charge in [-0.15, -0.1) is 0 Å². The van der Waals surface area contributed by atoms with E-state index in [0.29, 0.717) is 22.5 Å². The lowest BCUT2D eigenvalue weighted by Gasteiger charge is -2.06. The summed E-state index contributed by atoms with van der Waals surface area (Å²) < 4.78 is 4.67. The summed E-state index contributed by atoms with van der Waals surface area (Å²) in [5.74, 6) is -1.57. The lowest BCUT2D eigenvalue weighted by Crippen LogP contribution is -2.42. The first-order valence-corrected chi connectivity index (χ1v) is 6.47. The fourth-order valence-electron chi connectivity index (χ4n) is 2.10. The highest BCUT2D eigenvalue weighted by molar-refractivity contribution is 6.01. The van der Waals surface area contributed by atoms with Gasteiger partial charge in [-0.25, -0.2) is 4.79 Å². The Bertz CT molecular complexity index is 716. The molecular formula is C14H16N4O4. The minimum atomic E-state index is -0.560. The molecule has 0 saturated carbocycles. The van der Waals surface area contributed by atoms with E-state index in [1.54, 1.807) is 32.2 Å². The van der Waals surface area contributed by atoms with Gasteiger partial charge in [0.15, 0.2) is 0 Å². The van der Waals surface area contributed by atoms with Crippen LogP contribution in [0.5, 0.6) is 0 Å². The van der Waals surface area contributed by atoms with Gasteiger partial charge in [0.2, 0.25) is 0 Å². The highest BCUT2D eigenvalue weighted by atomic mass is 16.5.